The second-order valence-electron chi connectivity index (χ2n) is 6.11. The van der Waals surface area contributed by atoms with Crippen LogP contribution >= 0.6 is 46.4 Å². The van der Waals surface area contributed by atoms with Crippen molar-refractivity contribution in [2.45, 2.75) is 4.75 Å². The fourth-order valence-electron chi connectivity index (χ4n) is 3.16. The minimum atomic E-state index is -5.02. The second-order valence-corrected chi connectivity index (χ2v) is 9.33. The highest BCUT2D eigenvalue weighted by Crippen LogP contribution is 2.50. The lowest BCUT2D eigenvalue weighted by atomic mass is 9.83. The van der Waals surface area contributed by atoms with Crippen LogP contribution in [-0.4, -0.2) is 23.2 Å². The fraction of sp³-hybridized carbons (Fsp3) is 0.0526. The van der Waals surface area contributed by atoms with E-state index in [1.54, 1.807) is 0 Å². The van der Waals surface area contributed by atoms with Gasteiger partial charge in [0, 0.05) is 32.3 Å². The van der Waals surface area contributed by atoms with E-state index in [1.807, 2.05) is 0 Å². The Hall–Kier alpha value is -1.67. The van der Waals surface area contributed by atoms with Gasteiger partial charge in [-0.15, -0.1) is 0 Å². The Bertz CT molecular complexity index is 1200. The molecule has 1 unspecified atom stereocenters. The van der Waals surface area contributed by atoms with E-state index in [0.717, 1.165) is 12.1 Å². The number of benzene rings is 3. The van der Waals surface area contributed by atoms with Gasteiger partial charge < -0.3 is 10.2 Å². The van der Waals surface area contributed by atoms with Crippen LogP contribution in [-0.2, 0) is 14.9 Å². The molecule has 0 bridgehead atoms. The first kappa shape index (κ1) is 22.0. The quantitative estimate of drug-likeness (QED) is 0.311. The van der Waals surface area contributed by atoms with Crippen molar-refractivity contribution < 1.29 is 23.2 Å². The zero-order chi connectivity index (χ0) is 21.6. The molecule has 0 fully saturated rings. The molecule has 0 radical (unpaired) electrons. The molecule has 3 aromatic carbocycles. The molecular formula is C19H12Cl4O5S. The summed E-state index contributed by atoms with van der Waals surface area (Å²) in [6, 6.07) is 11.3. The Labute approximate surface area is 186 Å². The summed E-state index contributed by atoms with van der Waals surface area (Å²) in [5.74, 6) is -0.507. The van der Waals surface area contributed by atoms with Crippen molar-refractivity contribution in [1.29, 1.82) is 0 Å². The van der Waals surface area contributed by atoms with Crippen molar-refractivity contribution in [3.63, 3.8) is 0 Å². The SMILES string of the molecule is O=S(=O)(O)C(c1ccc(O)cc1)(c1ccc(Cl)cc1Cl)c1cc(Cl)c(O)cc1Cl. The summed E-state index contributed by atoms with van der Waals surface area (Å²) in [4.78, 5) is 0. The highest BCUT2D eigenvalue weighted by atomic mass is 35.5. The predicted octanol–water partition coefficient (Wildman–Crippen LogP) is 5.89. The molecule has 5 nitrogen and oxygen atoms in total. The number of hydrogen-bond acceptors (Lipinski definition) is 4. The van der Waals surface area contributed by atoms with E-state index in [-0.39, 0.29) is 48.3 Å². The van der Waals surface area contributed by atoms with Crippen LogP contribution in [0.3, 0.4) is 0 Å². The fourth-order valence-corrected chi connectivity index (χ4v) is 5.62. The molecule has 0 saturated heterocycles. The maximum absolute atomic E-state index is 13.0. The van der Waals surface area contributed by atoms with Crippen molar-refractivity contribution in [3.05, 3.63) is 91.4 Å². The van der Waals surface area contributed by atoms with Crippen LogP contribution in [0.2, 0.25) is 20.1 Å². The van der Waals surface area contributed by atoms with Crippen LogP contribution in [0, 0.1) is 0 Å². The molecule has 0 aliphatic rings. The number of aromatic hydroxyl groups is 2. The average molecular weight is 494 g/mol. The standard InChI is InChI=1S/C19H12Cl4O5S/c20-11-3-6-13(15(21)7-11)19(29(26,27)28,10-1-4-12(24)5-2-10)14-8-17(23)18(25)9-16(14)22/h1-9,24-25H,(H,26,27,28). The van der Waals surface area contributed by atoms with E-state index in [9.17, 15) is 23.2 Å². The topological polar surface area (TPSA) is 94.8 Å². The summed E-state index contributed by atoms with van der Waals surface area (Å²) < 4.78 is 34.1. The summed E-state index contributed by atoms with van der Waals surface area (Å²) >= 11 is 24.6. The van der Waals surface area contributed by atoms with E-state index >= 15 is 0 Å². The minimum absolute atomic E-state index is 0.0191. The Morgan fingerprint density at radius 1 is 0.724 bits per heavy atom. The van der Waals surface area contributed by atoms with Gasteiger partial charge in [-0.3, -0.25) is 4.55 Å². The molecule has 29 heavy (non-hydrogen) atoms. The molecule has 0 amide bonds. The van der Waals surface area contributed by atoms with Crippen molar-refractivity contribution in [2.75, 3.05) is 0 Å². The summed E-state index contributed by atoms with van der Waals surface area (Å²) in [5.41, 5.74) is -0.189. The molecule has 0 heterocycles. The van der Waals surface area contributed by atoms with E-state index < -0.39 is 14.9 Å². The summed E-state index contributed by atoms with van der Waals surface area (Å²) in [7, 11) is -5.02. The lowest BCUT2D eigenvalue weighted by Crippen LogP contribution is -2.38. The normalized spacial score (nSPS) is 13.8. The molecule has 0 aliphatic carbocycles. The number of hydrogen-bond donors (Lipinski definition) is 3. The summed E-state index contributed by atoms with van der Waals surface area (Å²) in [6.45, 7) is 0. The van der Waals surface area contributed by atoms with Crippen molar-refractivity contribution in [2.24, 2.45) is 0 Å². The third-order valence-corrected chi connectivity index (χ3v) is 7.00. The van der Waals surface area contributed by atoms with Gasteiger partial charge >= 0.3 is 0 Å². The minimum Gasteiger partial charge on any atom is -0.508 e. The summed E-state index contributed by atoms with van der Waals surface area (Å²) in [5, 5.41) is 19.3. The first-order valence-corrected chi connectivity index (χ1v) is 10.8. The Balaban J connectivity index is 2.58. The molecule has 0 spiro atoms. The second kappa shape index (κ2) is 7.87. The molecule has 0 saturated carbocycles. The molecule has 0 aromatic heterocycles. The molecule has 3 aromatic rings. The molecule has 152 valence electrons. The van der Waals surface area contributed by atoms with Gasteiger partial charge in [0.2, 0.25) is 0 Å². The molecule has 0 aliphatic heterocycles. The highest BCUT2D eigenvalue weighted by Gasteiger charge is 2.51. The third-order valence-electron chi connectivity index (χ3n) is 4.39. The lowest BCUT2D eigenvalue weighted by molar-refractivity contribution is 0.456. The van der Waals surface area contributed by atoms with Gasteiger partial charge in [0.15, 0.2) is 4.75 Å². The number of halogens is 4. The van der Waals surface area contributed by atoms with Gasteiger partial charge in [-0.2, -0.15) is 8.42 Å². The van der Waals surface area contributed by atoms with E-state index in [2.05, 4.69) is 0 Å². The highest BCUT2D eigenvalue weighted by molar-refractivity contribution is 7.87. The van der Waals surface area contributed by atoms with E-state index in [4.69, 9.17) is 46.4 Å². The Kier molecular flexibility index (Phi) is 5.98. The summed E-state index contributed by atoms with van der Waals surface area (Å²) in [6.07, 6.45) is 0. The first-order valence-electron chi connectivity index (χ1n) is 7.89. The van der Waals surface area contributed by atoms with Crippen molar-refractivity contribution in [1.82, 2.24) is 0 Å². The maximum Gasteiger partial charge on any atom is 0.283 e. The van der Waals surface area contributed by atoms with Gasteiger partial charge in [0.05, 0.1) is 5.02 Å². The Morgan fingerprint density at radius 3 is 1.86 bits per heavy atom. The predicted molar refractivity (Wildman–Crippen MR) is 114 cm³/mol. The zero-order valence-electron chi connectivity index (χ0n) is 14.3. The lowest BCUT2D eigenvalue weighted by Gasteiger charge is -2.34. The monoisotopic (exact) mass is 492 g/mol. The molecule has 1 atom stereocenters. The zero-order valence-corrected chi connectivity index (χ0v) is 18.1. The molecule has 3 rings (SSSR count). The van der Waals surface area contributed by atoms with Gasteiger partial charge in [0.25, 0.3) is 10.1 Å². The molecule has 3 N–H and O–H groups in total. The van der Waals surface area contributed by atoms with Gasteiger partial charge in [0.1, 0.15) is 11.5 Å². The molecule has 10 heteroatoms. The smallest absolute Gasteiger partial charge is 0.283 e. The number of phenols is 2. The van der Waals surface area contributed by atoms with Crippen molar-refractivity contribution >= 4 is 56.5 Å². The van der Waals surface area contributed by atoms with Crippen LogP contribution in [0.5, 0.6) is 11.5 Å². The van der Waals surface area contributed by atoms with Crippen LogP contribution in [0.15, 0.2) is 54.6 Å². The van der Waals surface area contributed by atoms with Gasteiger partial charge in [-0.05, 0) is 35.9 Å². The van der Waals surface area contributed by atoms with Crippen LogP contribution in [0.4, 0.5) is 0 Å². The van der Waals surface area contributed by atoms with Crippen molar-refractivity contribution in [3.8, 4) is 11.5 Å². The average Bonchev–Trinajstić information content (AvgIpc) is 2.61. The van der Waals surface area contributed by atoms with Crippen LogP contribution in [0.1, 0.15) is 16.7 Å². The molecular weight excluding hydrogens is 482 g/mol. The maximum atomic E-state index is 13.0. The van der Waals surface area contributed by atoms with Gasteiger partial charge in [-0.1, -0.05) is 64.6 Å². The van der Waals surface area contributed by atoms with Gasteiger partial charge in [-0.25, -0.2) is 0 Å². The number of phenolic OH excluding ortho intramolecular Hbond substituents is 2. The third kappa shape index (κ3) is 3.77. The number of rotatable bonds is 4. The largest absolute Gasteiger partial charge is 0.508 e. The van der Waals surface area contributed by atoms with E-state index in [0.29, 0.717) is 0 Å². The Morgan fingerprint density at radius 2 is 1.31 bits per heavy atom. The van der Waals surface area contributed by atoms with Crippen LogP contribution in [0.25, 0.3) is 0 Å². The van der Waals surface area contributed by atoms with Crippen LogP contribution < -0.4 is 0 Å². The van der Waals surface area contributed by atoms with E-state index in [1.165, 1.54) is 42.5 Å². The first-order chi connectivity index (χ1) is 13.5.